The van der Waals surface area contributed by atoms with Crippen molar-refractivity contribution in [2.75, 3.05) is 0 Å². The summed E-state index contributed by atoms with van der Waals surface area (Å²) in [5.74, 6) is 0.987. The molecule has 0 saturated carbocycles. The average molecular weight is 357 g/mol. The molecule has 3 rings (SSSR count). The molecule has 0 spiro atoms. The maximum atomic E-state index is 11.7. The minimum absolute atomic E-state index is 0.374. The van der Waals surface area contributed by atoms with Gasteiger partial charge in [0.2, 0.25) is 0 Å². The van der Waals surface area contributed by atoms with Crippen LogP contribution in [0.5, 0.6) is 5.75 Å². The fraction of sp³-hybridized carbons (Fsp3) is 0.0556. The number of hydrogen-bond donors (Lipinski definition) is 0. The lowest BCUT2D eigenvalue weighted by molar-refractivity contribution is 0.301. The largest absolute Gasteiger partial charge is 0.488 e. The van der Waals surface area contributed by atoms with E-state index in [2.05, 4.69) is 15.9 Å². The van der Waals surface area contributed by atoms with Gasteiger partial charge in [-0.05, 0) is 6.07 Å². The Balaban J connectivity index is 1.84. The molecule has 0 fully saturated rings. The van der Waals surface area contributed by atoms with E-state index in [1.807, 2.05) is 54.6 Å². The zero-order valence-corrected chi connectivity index (χ0v) is 13.2. The van der Waals surface area contributed by atoms with Gasteiger partial charge in [-0.3, -0.25) is 0 Å². The highest BCUT2D eigenvalue weighted by Gasteiger charge is 2.06. The summed E-state index contributed by atoms with van der Waals surface area (Å²) in [6.45, 7) is 0.374. The third-order valence-corrected chi connectivity index (χ3v) is 3.93. The zero-order valence-electron chi connectivity index (χ0n) is 11.7. The SMILES string of the molecule is O=c1cc(OCc2ccccc2Br)cc(-c2ccccc2)o1. The molecule has 0 aliphatic rings. The van der Waals surface area contributed by atoms with Crippen molar-refractivity contribution in [1.82, 2.24) is 0 Å². The van der Waals surface area contributed by atoms with Crippen molar-refractivity contribution in [2.45, 2.75) is 6.61 Å². The fourth-order valence-corrected chi connectivity index (χ4v) is 2.46. The van der Waals surface area contributed by atoms with Crippen molar-refractivity contribution in [3.63, 3.8) is 0 Å². The van der Waals surface area contributed by atoms with Crippen LogP contribution in [-0.4, -0.2) is 0 Å². The molecule has 3 nitrogen and oxygen atoms in total. The Labute approximate surface area is 136 Å². The van der Waals surface area contributed by atoms with E-state index < -0.39 is 5.63 Å². The standard InChI is InChI=1S/C18H13BrO3/c19-16-9-5-4-8-14(16)12-21-15-10-17(22-18(20)11-15)13-6-2-1-3-7-13/h1-11H,12H2. The van der Waals surface area contributed by atoms with Gasteiger partial charge >= 0.3 is 5.63 Å². The van der Waals surface area contributed by atoms with E-state index in [0.29, 0.717) is 18.1 Å². The molecule has 2 aromatic carbocycles. The van der Waals surface area contributed by atoms with E-state index in [1.165, 1.54) is 6.07 Å². The summed E-state index contributed by atoms with van der Waals surface area (Å²) in [5, 5.41) is 0. The van der Waals surface area contributed by atoms with Crippen molar-refractivity contribution >= 4 is 15.9 Å². The molecule has 0 aliphatic carbocycles. The van der Waals surface area contributed by atoms with E-state index in [4.69, 9.17) is 9.15 Å². The van der Waals surface area contributed by atoms with Gasteiger partial charge in [0.25, 0.3) is 0 Å². The van der Waals surface area contributed by atoms with E-state index in [9.17, 15) is 4.79 Å². The quantitative estimate of drug-likeness (QED) is 0.682. The van der Waals surface area contributed by atoms with Gasteiger partial charge in [0.15, 0.2) is 0 Å². The van der Waals surface area contributed by atoms with Gasteiger partial charge in [0.1, 0.15) is 18.1 Å². The third-order valence-electron chi connectivity index (χ3n) is 3.15. The summed E-state index contributed by atoms with van der Waals surface area (Å²) < 4.78 is 11.9. The van der Waals surface area contributed by atoms with Gasteiger partial charge < -0.3 is 9.15 Å². The summed E-state index contributed by atoms with van der Waals surface area (Å²) in [6, 6.07) is 20.4. The highest BCUT2D eigenvalue weighted by atomic mass is 79.9. The van der Waals surface area contributed by atoms with Crippen molar-refractivity contribution in [3.05, 3.63) is 87.2 Å². The molecule has 1 heterocycles. The van der Waals surface area contributed by atoms with Crippen LogP contribution in [0.2, 0.25) is 0 Å². The number of ether oxygens (including phenoxy) is 1. The normalized spacial score (nSPS) is 10.4. The Morgan fingerprint density at radius 3 is 2.45 bits per heavy atom. The van der Waals surface area contributed by atoms with Crippen molar-refractivity contribution in [2.24, 2.45) is 0 Å². The van der Waals surface area contributed by atoms with Crippen molar-refractivity contribution in [3.8, 4) is 17.1 Å². The van der Waals surface area contributed by atoms with Gasteiger partial charge in [-0.15, -0.1) is 0 Å². The van der Waals surface area contributed by atoms with Gasteiger partial charge in [-0.25, -0.2) is 4.79 Å². The molecular weight excluding hydrogens is 344 g/mol. The van der Waals surface area contributed by atoms with Crippen LogP contribution in [0, 0.1) is 0 Å². The fourth-order valence-electron chi connectivity index (χ4n) is 2.06. The summed E-state index contributed by atoms with van der Waals surface area (Å²) in [7, 11) is 0. The van der Waals surface area contributed by atoms with E-state index >= 15 is 0 Å². The Bertz CT molecular complexity index is 825. The van der Waals surface area contributed by atoms with E-state index in [-0.39, 0.29) is 0 Å². The number of rotatable bonds is 4. The van der Waals surface area contributed by atoms with Gasteiger partial charge in [0, 0.05) is 21.7 Å². The number of benzene rings is 2. The number of halogens is 1. The minimum atomic E-state index is -0.427. The molecule has 0 atom stereocenters. The Morgan fingerprint density at radius 2 is 1.68 bits per heavy atom. The van der Waals surface area contributed by atoms with Crippen LogP contribution in [0.4, 0.5) is 0 Å². The summed E-state index contributed by atoms with van der Waals surface area (Å²) in [4.78, 5) is 11.7. The molecule has 0 bridgehead atoms. The lowest BCUT2D eigenvalue weighted by atomic mass is 10.1. The topological polar surface area (TPSA) is 39.4 Å². The van der Waals surface area contributed by atoms with Crippen LogP contribution >= 0.6 is 15.9 Å². The lowest BCUT2D eigenvalue weighted by Crippen LogP contribution is -2.02. The van der Waals surface area contributed by atoms with Crippen LogP contribution in [0.25, 0.3) is 11.3 Å². The molecule has 22 heavy (non-hydrogen) atoms. The van der Waals surface area contributed by atoms with Crippen LogP contribution in [-0.2, 0) is 6.61 Å². The molecule has 4 heteroatoms. The van der Waals surface area contributed by atoms with Crippen molar-refractivity contribution < 1.29 is 9.15 Å². The minimum Gasteiger partial charge on any atom is -0.488 e. The summed E-state index contributed by atoms with van der Waals surface area (Å²) >= 11 is 3.48. The van der Waals surface area contributed by atoms with Crippen LogP contribution < -0.4 is 10.4 Å². The third kappa shape index (κ3) is 3.46. The second-order valence-corrected chi connectivity index (χ2v) is 5.58. The number of hydrogen-bond acceptors (Lipinski definition) is 3. The molecule has 0 aliphatic heterocycles. The van der Waals surface area contributed by atoms with E-state index in [0.717, 1.165) is 15.6 Å². The molecule has 0 unspecified atom stereocenters. The van der Waals surface area contributed by atoms with Crippen molar-refractivity contribution in [1.29, 1.82) is 0 Å². The van der Waals surface area contributed by atoms with Gasteiger partial charge in [0.05, 0.1) is 6.07 Å². The molecule has 0 amide bonds. The summed E-state index contributed by atoms with van der Waals surface area (Å²) in [6.07, 6.45) is 0. The molecule has 3 aromatic rings. The Kier molecular flexibility index (Phi) is 4.39. The molecule has 1 aromatic heterocycles. The molecule has 110 valence electrons. The molecule has 0 radical (unpaired) electrons. The highest BCUT2D eigenvalue weighted by Crippen LogP contribution is 2.23. The Morgan fingerprint density at radius 1 is 0.955 bits per heavy atom. The second kappa shape index (κ2) is 6.62. The first-order valence-electron chi connectivity index (χ1n) is 6.79. The first-order valence-corrected chi connectivity index (χ1v) is 7.58. The maximum Gasteiger partial charge on any atom is 0.339 e. The predicted octanol–water partition coefficient (Wildman–Crippen LogP) is 4.65. The molecule has 0 N–H and O–H groups in total. The molecule has 0 saturated heterocycles. The first-order chi connectivity index (χ1) is 10.7. The smallest absolute Gasteiger partial charge is 0.339 e. The molecular formula is C18H13BrO3. The maximum absolute atomic E-state index is 11.7. The van der Waals surface area contributed by atoms with Crippen LogP contribution in [0.3, 0.4) is 0 Å². The summed E-state index contributed by atoms with van der Waals surface area (Å²) in [5.41, 5.74) is 1.42. The van der Waals surface area contributed by atoms with Crippen LogP contribution in [0.1, 0.15) is 5.56 Å². The van der Waals surface area contributed by atoms with Crippen LogP contribution in [0.15, 0.2) is 80.4 Å². The van der Waals surface area contributed by atoms with Gasteiger partial charge in [-0.1, -0.05) is 64.5 Å². The monoisotopic (exact) mass is 356 g/mol. The second-order valence-electron chi connectivity index (χ2n) is 4.72. The van der Waals surface area contributed by atoms with E-state index in [1.54, 1.807) is 6.07 Å². The Hall–Kier alpha value is -2.33. The lowest BCUT2D eigenvalue weighted by Gasteiger charge is -2.08. The average Bonchev–Trinajstić information content (AvgIpc) is 2.54. The predicted molar refractivity (Wildman–Crippen MR) is 88.9 cm³/mol. The van der Waals surface area contributed by atoms with Gasteiger partial charge in [-0.2, -0.15) is 0 Å². The highest BCUT2D eigenvalue weighted by molar-refractivity contribution is 9.10. The zero-order chi connectivity index (χ0) is 15.4. The first kappa shape index (κ1) is 14.6.